The van der Waals surface area contributed by atoms with E-state index >= 15 is 0 Å². The summed E-state index contributed by atoms with van der Waals surface area (Å²) in [5.41, 5.74) is 2.35. The van der Waals surface area contributed by atoms with Crippen LogP contribution in [0.2, 0.25) is 0 Å². The molecule has 2 saturated heterocycles. The number of benzene rings is 1. The maximum Gasteiger partial charge on any atom is 0.409 e. The number of nitrogens with zero attached hydrogens (tertiary/aromatic N) is 4. The van der Waals surface area contributed by atoms with Crippen LogP contribution in [0, 0.1) is 11.6 Å². The van der Waals surface area contributed by atoms with Gasteiger partial charge >= 0.3 is 6.09 Å². The maximum atomic E-state index is 14.3. The van der Waals surface area contributed by atoms with Crippen LogP contribution in [0.25, 0.3) is 0 Å². The van der Waals surface area contributed by atoms with Crippen LogP contribution in [0.1, 0.15) is 37.6 Å². The fourth-order valence-electron chi connectivity index (χ4n) is 5.49. The van der Waals surface area contributed by atoms with E-state index in [2.05, 4.69) is 36.0 Å². The predicted molar refractivity (Wildman–Crippen MR) is 149 cm³/mol. The van der Waals surface area contributed by atoms with Gasteiger partial charge in [-0.1, -0.05) is 19.9 Å². The summed E-state index contributed by atoms with van der Waals surface area (Å²) in [5.74, 6) is -1.26. The molecule has 5 rings (SSSR count). The van der Waals surface area contributed by atoms with Gasteiger partial charge in [-0.15, -0.1) is 24.8 Å². The minimum atomic E-state index is -0.617. The highest BCUT2D eigenvalue weighted by Crippen LogP contribution is 2.40. The zero-order valence-electron chi connectivity index (χ0n) is 22.3. The lowest BCUT2D eigenvalue weighted by molar-refractivity contribution is -0.120. The van der Waals surface area contributed by atoms with E-state index in [0.717, 1.165) is 23.0 Å². The molecule has 2 atom stereocenters. The van der Waals surface area contributed by atoms with Gasteiger partial charge in [0.05, 0.1) is 24.5 Å². The fourth-order valence-corrected chi connectivity index (χ4v) is 5.49. The molecule has 0 aliphatic carbocycles. The van der Waals surface area contributed by atoms with Crippen LogP contribution in [-0.4, -0.2) is 84.7 Å². The molecule has 8 nitrogen and oxygen atoms in total. The van der Waals surface area contributed by atoms with E-state index in [9.17, 15) is 18.4 Å². The molecule has 2 fully saturated rings. The van der Waals surface area contributed by atoms with Gasteiger partial charge in [0.15, 0.2) is 0 Å². The van der Waals surface area contributed by atoms with Crippen LogP contribution in [-0.2, 0) is 21.4 Å². The first-order chi connectivity index (χ1) is 17.6. The summed E-state index contributed by atoms with van der Waals surface area (Å²) in [6, 6.07) is 5.66. The normalized spacial score (nSPS) is 22.1. The Balaban J connectivity index is 0.00000210. The monoisotopic (exact) mass is 585 g/mol. The summed E-state index contributed by atoms with van der Waals surface area (Å²) in [4.78, 5) is 36.0. The van der Waals surface area contributed by atoms with Crippen LogP contribution >= 0.6 is 24.8 Å². The Bertz CT molecular complexity index is 1220. The third-order valence-electron chi connectivity index (χ3n) is 7.46. The Morgan fingerprint density at radius 1 is 1.23 bits per heavy atom. The average Bonchev–Trinajstić information content (AvgIpc) is 3.36. The standard InChI is InChI=1S/C27H33F2N5O3.2ClH/c1-17-13-33(21(12-30-17)14-32-6-7-37-26(32)36)15-24(35)34-16-27(2,3)25-23(34)9-18(11-31-25)8-19-4-5-20(28)10-22(19)29;;/h4-5,9-11,17,21,30H,6-8,12-16H2,1-3H3;2*1H/t17-,21-;;/m1../s1. The van der Waals surface area contributed by atoms with Crippen molar-refractivity contribution in [3.05, 3.63) is 58.9 Å². The van der Waals surface area contributed by atoms with Crippen molar-refractivity contribution in [1.82, 2.24) is 20.1 Å². The topological polar surface area (TPSA) is 78.0 Å². The highest BCUT2D eigenvalue weighted by molar-refractivity contribution is 5.97. The molecule has 1 aromatic carbocycles. The predicted octanol–water partition coefficient (Wildman–Crippen LogP) is 3.53. The molecule has 1 aromatic heterocycles. The molecule has 2 aromatic rings. The van der Waals surface area contributed by atoms with Crippen LogP contribution < -0.4 is 10.2 Å². The molecule has 0 unspecified atom stereocenters. The second-order valence-corrected chi connectivity index (χ2v) is 10.9. The number of anilines is 1. The van der Waals surface area contributed by atoms with Crippen molar-refractivity contribution in [2.45, 2.75) is 44.7 Å². The molecule has 0 spiro atoms. The highest BCUT2D eigenvalue weighted by Gasteiger charge is 2.41. The fraction of sp³-hybridized carbons (Fsp3) is 0.519. The lowest BCUT2D eigenvalue weighted by Crippen LogP contribution is -2.60. The van der Waals surface area contributed by atoms with Crippen LogP contribution in [0.15, 0.2) is 30.5 Å². The number of aromatic nitrogens is 1. The molecular formula is C27H35Cl2F2N5O3. The number of cyclic esters (lactones) is 1. The van der Waals surface area contributed by atoms with Gasteiger partial charge in [0, 0.05) is 62.4 Å². The summed E-state index contributed by atoms with van der Waals surface area (Å²) < 4.78 is 32.7. The molecule has 3 aliphatic rings. The molecule has 1 N–H and O–H groups in total. The van der Waals surface area contributed by atoms with Gasteiger partial charge < -0.3 is 19.9 Å². The number of pyridine rings is 1. The van der Waals surface area contributed by atoms with Gasteiger partial charge in [0.2, 0.25) is 5.91 Å². The number of carbonyl (C=O) groups excluding carboxylic acids is 2. The highest BCUT2D eigenvalue weighted by atomic mass is 35.5. The largest absolute Gasteiger partial charge is 0.448 e. The van der Waals surface area contributed by atoms with E-state index in [1.807, 2.05) is 6.07 Å². The van der Waals surface area contributed by atoms with Crippen molar-refractivity contribution in [1.29, 1.82) is 0 Å². The van der Waals surface area contributed by atoms with Gasteiger partial charge in [-0.25, -0.2) is 13.6 Å². The van der Waals surface area contributed by atoms with Crippen LogP contribution in [0.4, 0.5) is 19.3 Å². The number of hydrogen-bond acceptors (Lipinski definition) is 6. The number of piperazine rings is 1. The van der Waals surface area contributed by atoms with E-state index in [1.165, 1.54) is 12.1 Å². The lowest BCUT2D eigenvalue weighted by Gasteiger charge is -2.40. The van der Waals surface area contributed by atoms with Crippen molar-refractivity contribution in [3.8, 4) is 0 Å². The minimum absolute atomic E-state index is 0. The number of halogens is 4. The molecule has 0 bridgehead atoms. The Morgan fingerprint density at radius 2 is 2.00 bits per heavy atom. The number of amides is 2. The Kier molecular flexibility index (Phi) is 9.80. The summed E-state index contributed by atoms with van der Waals surface area (Å²) in [5, 5.41) is 3.45. The molecule has 4 heterocycles. The van der Waals surface area contributed by atoms with Crippen molar-refractivity contribution in [2.24, 2.45) is 0 Å². The van der Waals surface area contributed by atoms with Gasteiger partial charge in [0.25, 0.3) is 0 Å². The van der Waals surface area contributed by atoms with Crippen LogP contribution in [0.5, 0.6) is 0 Å². The van der Waals surface area contributed by atoms with E-state index in [4.69, 9.17) is 4.74 Å². The molecule has 39 heavy (non-hydrogen) atoms. The van der Waals surface area contributed by atoms with Gasteiger partial charge in [-0.2, -0.15) is 0 Å². The van der Waals surface area contributed by atoms with Crippen molar-refractivity contribution in [2.75, 3.05) is 50.8 Å². The van der Waals surface area contributed by atoms with E-state index in [1.54, 1.807) is 16.0 Å². The maximum absolute atomic E-state index is 14.3. The number of hydrogen-bond donors (Lipinski definition) is 1. The second-order valence-electron chi connectivity index (χ2n) is 10.9. The molecule has 0 saturated carbocycles. The summed E-state index contributed by atoms with van der Waals surface area (Å²) in [6.45, 7) is 9.72. The average molecular weight is 587 g/mol. The smallest absolute Gasteiger partial charge is 0.409 e. The summed E-state index contributed by atoms with van der Waals surface area (Å²) in [7, 11) is 0. The van der Waals surface area contributed by atoms with Crippen molar-refractivity contribution >= 4 is 42.5 Å². The molecule has 2 amide bonds. The second kappa shape index (κ2) is 12.3. The minimum Gasteiger partial charge on any atom is -0.448 e. The Labute approximate surface area is 239 Å². The lowest BCUT2D eigenvalue weighted by atomic mass is 9.91. The number of rotatable bonds is 6. The number of carbonyl (C=O) groups is 2. The molecule has 12 heteroatoms. The molecular weight excluding hydrogens is 551 g/mol. The van der Waals surface area contributed by atoms with E-state index < -0.39 is 11.6 Å². The zero-order valence-corrected chi connectivity index (χ0v) is 23.9. The third-order valence-corrected chi connectivity index (χ3v) is 7.46. The van der Waals surface area contributed by atoms with Crippen LogP contribution in [0.3, 0.4) is 0 Å². The molecule has 0 radical (unpaired) electrons. The van der Waals surface area contributed by atoms with E-state index in [0.29, 0.717) is 44.9 Å². The van der Waals surface area contributed by atoms with Gasteiger partial charge in [-0.3, -0.25) is 14.7 Å². The number of fused-ring (bicyclic) bond motifs is 1. The van der Waals surface area contributed by atoms with Gasteiger partial charge in [-0.05, 0) is 30.2 Å². The quantitative estimate of drug-likeness (QED) is 0.559. The van der Waals surface area contributed by atoms with Crippen molar-refractivity contribution < 1.29 is 23.1 Å². The Hall–Kier alpha value is -2.53. The Morgan fingerprint density at radius 3 is 2.69 bits per heavy atom. The summed E-state index contributed by atoms with van der Waals surface area (Å²) in [6.07, 6.45) is 1.65. The van der Waals surface area contributed by atoms with Crippen molar-refractivity contribution in [3.63, 3.8) is 0 Å². The number of ether oxygens (including phenoxy) is 1. The van der Waals surface area contributed by atoms with E-state index in [-0.39, 0.29) is 67.3 Å². The van der Waals surface area contributed by atoms with Gasteiger partial charge in [0.1, 0.15) is 18.2 Å². The molecule has 3 aliphatic heterocycles. The summed E-state index contributed by atoms with van der Waals surface area (Å²) >= 11 is 0. The first-order valence-corrected chi connectivity index (χ1v) is 12.7. The number of nitrogens with one attached hydrogen (secondary N) is 1. The zero-order chi connectivity index (χ0) is 26.3. The first-order valence-electron chi connectivity index (χ1n) is 12.7. The first kappa shape index (κ1) is 31.0. The molecule has 214 valence electrons. The third kappa shape index (κ3) is 6.62. The SMILES string of the molecule is C[C@@H]1CN(CC(=O)N2CC(C)(C)c3ncc(Cc4ccc(F)cc4F)cc32)[C@@H](CN2CCOC2=O)CN1.Cl.Cl.